The van der Waals surface area contributed by atoms with E-state index in [2.05, 4.69) is 10.3 Å². The highest BCUT2D eigenvalue weighted by Gasteiger charge is 2.30. The molecule has 7 heteroatoms. The van der Waals surface area contributed by atoms with Gasteiger partial charge < -0.3 is 10.5 Å². The van der Waals surface area contributed by atoms with Crippen molar-refractivity contribution in [2.45, 2.75) is 25.3 Å². The van der Waals surface area contributed by atoms with Crippen molar-refractivity contribution in [2.75, 3.05) is 39.0 Å². The molecule has 0 radical (unpaired) electrons. The van der Waals surface area contributed by atoms with Crippen molar-refractivity contribution >= 4 is 23.2 Å². The number of hydrogen-bond donors (Lipinski definition) is 2. The summed E-state index contributed by atoms with van der Waals surface area (Å²) >= 11 is 6.04. The summed E-state index contributed by atoms with van der Waals surface area (Å²) in [5.74, 6) is 0.216. The monoisotopic (exact) mass is 338 g/mol. The number of nitrogens with one attached hydrogen (secondary N) is 1. The average Bonchev–Trinajstić information content (AvgIpc) is 2.56. The summed E-state index contributed by atoms with van der Waals surface area (Å²) < 4.78 is 5.25. The molecule has 2 aliphatic heterocycles. The Balaban J connectivity index is 1.68. The first kappa shape index (κ1) is 16.4. The fourth-order valence-electron chi connectivity index (χ4n) is 3.38. The zero-order valence-electron chi connectivity index (χ0n) is 13.3. The van der Waals surface area contributed by atoms with Crippen LogP contribution in [0.25, 0.3) is 0 Å². The lowest BCUT2D eigenvalue weighted by Crippen LogP contribution is -2.59. The van der Waals surface area contributed by atoms with Crippen LogP contribution in [0.4, 0.5) is 5.69 Å². The van der Waals surface area contributed by atoms with Crippen molar-refractivity contribution in [2.24, 2.45) is 0 Å². The molecule has 1 amide bonds. The molecule has 0 spiro atoms. The molecule has 2 aliphatic rings. The van der Waals surface area contributed by atoms with Crippen LogP contribution in [0.5, 0.6) is 5.75 Å². The molecule has 0 aromatic heterocycles. The van der Waals surface area contributed by atoms with E-state index < -0.39 is 0 Å². The van der Waals surface area contributed by atoms with Crippen molar-refractivity contribution in [3.05, 3.63) is 22.7 Å². The van der Waals surface area contributed by atoms with Gasteiger partial charge in [-0.2, -0.15) is 0 Å². The van der Waals surface area contributed by atoms with Gasteiger partial charge in [0.05, 0.1) is 23.4 Å². The largest absolute Gasteiger partial charge is 0.496 e. The van der Waals surface area contributed by atoms with Crippen LogP contribution in [0.2, 0.25) is 5.02 Å². The number of piperazine rings is 1. The normalized spacial score (nSPS) is 22.4. The predicted molar refractivity (Wildman–Crippen MR) is 90.7 cm³/mol. The zero-order valence-corrected chi connectivity index (χ0v) is 14.1. The number of amides is 1. The maximum Gasteiger partial charge on any atom is 0.269 e. The van der Waals surface area contributed by atoms with E-state index in [0.29, 0.717) is 28.1 Å². The molecule has 1 aromatic carbocycles. The number of carbonyl (C=O) groups excluding carboxylic acids is 1. The van der Waals surface area contributed by atoms with Crippen LogP contribution >= 0.6 is 11.6 Å². The molecule has 3 rings (SSSR count). The number of hydrogen-bond acceptors (Lipinski definition) is 5. The molecule has 23 heavy (non-hydrogen) atoms. The van der Waals surface area contributed by atoms with Gasteiger partial charge in [-0.1, -0.05) is 18.0 Å². The van der Waals surface area contributed by atoms with Gasteiger partial charge in [0.1, 0.15) is 5.75 Å². The first-order valence-electron chi connectivity index (χ1n) is 8.01. The fourth-order valence-corrected chi connectivity index (χ4v) is 3.54. The predicted octanol–water partition coefficient (Wildman–Crippen LogP) is 1.75. The second-order valence-electron chi connectivity index (χ2n) is 6.15. The van der Waals surface area contributed by atoms with E-state index >= 15 is 0 Å². The molecule has 0 bridgehead atoms. The lowest BCUT2D eigenvalue weighted by atomic mass is 10.0. The van der Waals surface area contributed by atoms with E-state index in [9.17, 15) is 4.79 Å². The van der Waals surface area contributed by atoms with Gasteiger partial charge in [-0.05, 0) is 25.5 Å². The van der Waals surface area contributed by atoms with Gasteiger partial charge in [0.2, 0.25) is 0 Å². The topological polar surface area (TPSA) is 70.8 Å². The van der Waals surface area contributed by atoms with Crippen molar-refractivity contribution in [3.63, 3.8) is 0 Å². The number of fused-ring (bicyclic) bond motifs is 1. The van der Waals surface area contributed by atoms with Gasteiger partial charge in [0.15, 0.2) is 0 Å². The Labute approximate surface area is 141 Å². The lowest BCUT2D eigenvalue weighted by Gasteiger charge is -2.43. The molecular formula is C16H23ClN4O2. The quantitative estimate of drug-likeness (QED) is 0.822. The van der Waals surface area contributed by atoms with E-state index in [-0.39, 0.29) is 5.91 Å². The number of methoxy groups -OCH3 is 1. The maximum atomic E-state index is 12.6. The van der Waals surface area contributed by atoms with Gasteiger partial charge >= 0.3 is 0 Å². The van der Waals surface area contributed by atoms with E-state index in [1.165, 1.54) is 32.9 Å². The molecule has 126 valence electrons. The molecule has 2 saturated heterocycles. The summed E-state index contributed by atoms with van der Waals surface area (Å²) in [6.45, 7) is 3.85. The lowest BCUT2D eigenvalue weighted by molar-refractivity contribution is 0.0214. The number of nitrogens with two attached hydrogens (primary N) is 1. The van der Waals surface area contributed by atoms with Crippen LogP contribution in [0.15, 0.2) is 12.1 Å². The number of rotatable bonds is 3. The first-order valence-corrected chi connectivity index (χ1v) is 8.39. The fraction of sp³-hybridized carbons (Fsp3) is 0.562. The van der Waals surface area contributed by atoms with Gasteiger partial charge in [0.25, 0.3) is 5.91 Å². The molecule has 1 atom stereocenters. The summed E-state index contributed by atoms with van der Waals surface area (Å²) in [5, 5.41) is 2.35. The number of benzene rings is 1. The van der Waals surface area contributed by atoms with E-state index in [1.807, 2.05) is 5.01 Å². The summed E-state index contributed by atoms with van der Waals surface area (Å²) in [4.78, 5) is 15.1. The van der Waals surface area contributed by atoms with Crippen LogP contribution in [0.3, 0.4) is 0 Å². The molecular weight excluding hydrogens is 316 g/mol. The number of piperidine rings is 1. The van der Waals surface area contributed by atoms with Crippen LogP contribution < -0.4 is 15.9 Å². The van der Waals surface area contributed by atoms with Gasteiger partial charge in [-0.3, -0.25) is 15.1 Å². The Morgan fingerprint density at radius 2 is 2.17 bits per heavy atom. The SMILES string of the molecule is COc1cc(N)c(Cl)cc1C(=O)NN1CCN2CCCCC2C1. The Morgan fingerprint density at radius 1 is 1.35 bits per heavy atom. The number of nitrogens with zero attached hydrogens (tertiary/aromatic N) is 2. The third-order valence-electron chi connectivity index (χ3n) is 4.66. The molecule has 0 aliphatic carbocycles. The third-order valence-corrected chi connectivity index (χ3v) is 4.99. The summed E-state index contributed by atoms with van der Waals surface area (Å²) in [6, 6.07) is 3.67. The average molecular weight is 339 g/mol. The van der Waals surface area contributed by atoms with Gasteiger partial charge in [-0.15, -0.1) is 0 Å². The minimum atomic E-state index is -0.215. The molecule has 3 N–H and O–H groups in total. The molecule has 0 saturated carbocycles. The standard InChI is InChI=1S/C16H23ClN4O2/c1-23-15-9-14(18)13(17)8-12(15)16(22)19-21-7-6-20-5-3-2-4-11(20)10-21/h8-9,11H,2-7,10,18H2,1H3,(H,19,22). The van der Waals surface area contributed by atoms with Crippen molar-refractivity contribution in [1.82, 2.24) is 15.3 Å². The Bertz CT molecular complexity index is 596. The molecule has 2 heterocycles. The first-order chi connectivity index (χ1) is 11.1. The second-order valence-corrected chi connectivity index (χ2v) is 6.55. The van der Waals surface area contributed by atoms with E-state index in [1.54, 1.807) is 12.1 Å². The third kappa shape index (κ3) is 3.54. The smallest absolute Gasteiger partial charge is 0.269 e. The second kappa shape index (κ2) is 6.95. The molecule has 2 fully saturated rings. The number of hydrazine groups is 1. The van der Waals surface area contributed by atoms with E-state index in [0.717, 1.165) is 19.6 Å². The van der Waals surface area contributed by atoms with Crippen molar-refractivity contribution in [3.8, 4) is 5.75 Å². The highest BCUT2D eigenvalue weighted by atomic mass is 35.5. The van der Waals surface area contributed by atoms with Gasteiger partial charge in [-0.25, -0.2) is 5.01 Å². The Kier molecular flexibility index (Phi) is 4.94. The van der Waals surface area contributed by atoms with Crippen molar-refractivity contribution in [1.29, 1.82) is 0 Å². The Hall–Kier alpha value is -1.50. The Morgan fingerprint density at radius 3 is 2.96 bits per heavy atom. The molecule has 1 aromatic rings. The minimum Gasteiger partial charge on any atom is -0.496 e. The van der Waals surface area contributed by atoms with Crippen molar-refractivity contribution < 1.29 is 9.53 Å². The number of nitrogen functional groups attached to an aromatic ring is 1. The summed E-state index contributed by atoms with van der Waals surface area (Å²) in [7, 11) is 1.51. The van der Waals surface area contributed by atoms with Gasteiger partial charge in [0, 0.05) is 31.7 Å². The summed E-state index contributed by atoms with van der Waals surface area (Å²) in [5.41, 5.74) is 9.54. The van der Waals surface area contributed by atoms with Crippen LogP contribution in [0, 0.1) is 0 Å². The number of carbonyl (C=O) groups is 1. The number of anilines is 1. The number of halogens is 1. The highest BCUT2D eigenvalue weighted by Crippen LogP contribution is 2.29. The van der Waals surface area contributed by atoms with E-state index in [4.69, 9.17) is 22.1 Å². The van der Waals surface area contributed by atoms with Crippen LogP contribution in [-0.2, 0) is 0 Å². The molecule has 1 unspecified atom stereocenters. The number of ether oxygens (including phenoxy) is 1. The van der Waals surface area contributed by atoms with Crippen LogP contribution in [0.1, 0.15) is 29.6 Å². The molecule has 6 nitrogen and oxygen atoms in total. The minimum absolute atomic E-state index is 0.215. The zero-order chi connectivity index (χ0) is 16.4. The highest BCUT2D eigenvalue weighted by molar-refractivity contribution is 6.33. The van der Waals surface area contributed by atoms with Crippen LogP contribution in [-0.4, -0.2) is 55.1 Å². The maximum absolute atomic E-state index is 12.6. The summed E-state index contributed by atoms with van der Waals surface area (Å²) in [6.07, 6.45) is 3.75.